The molecule has 1 rings (SSSR count). The van der Waals surface area contributed by atoms with Crippen molar-refractivity contribution < 1.29 is 8.42 Å². The van der Waals surface area contributed by atoms with E-state index in [1.807, 2.05) is 13.0 Å². The van der Waals surface area contributed by atoms with E-state index in [0.717, 1.165) is 5.56 Å². The Morgan fingerprint density at radius 3 is 2.71 bits per heavy atom. The zero-order valence-electron chi connectivity index (χ0n) is 8.03. The van der Waals surface area contributed by atoms with E-state index in [1.165, 1.54) is 0 Å². The number of nitrogens with two attached hydrogens (primary N) is 1. The second-order valence-corrected chi connectivity index (χ2v) is 4.92. The first-order chi connectivity index (χ1) is 6.53. The lowest BCUT2D eigenvalue weighted by Crippen LogP contribution is -2.22. The summed E-state index contributed by atoms with van der Waals surface area (Å²) in [5.41, 5.74) is 6.77. The van der Waals surface area contributed by atoms with Gasteiger partial charge >= 0.3 is 0 Å². The highest BCUT2D eigenvalue weighted by Crippen LogP contribution is 2.11. The fourth-order valence-electron chi connectivity index (χ4n) is 1.09. The number of aryl methyl sites for hydroxylation is 1. The van der Waals surface area contributed by atoms with Crippen LogP contribution >= 0.6 is 0 Å². The lowest BCUT2D eigenvalue weighted by Gasteiger charge is -2.06. The van der Waals surface area contributed by atoms with Crippen LogP contribution in [0.25, 0.3) is 0 Å². The summed E-state index contributed by atoms with van der Waals surface area (Å²) in [6.07, 6.45) is 0. The monoisotopic (exact) mass is 214 g/mol. The van der Waals surface area contributed by atoms with Gasteiger partial charge in [0.25, 0.3) is 0 Å². The van der Waals surface area contributed by atoms with Gasteiger partial charge < -0.3 is 5.73 Å². The number of anilines is 1. The molecule has 0 fully saturated rings. The van der Waals surface area contributed by atoms with Crippen molar-refractivity contribution in [3.05, 3.63) is 29.8 Å². The van der Waals surface area contributed by atoms with Gasteiger partial charge in [0.15, 0.2) is 0 Å². The van der Waals surface area contributed by atoms with E-state index in [9.17, 15) is 8.42 Å². The Balaban J connectivity index is 2.79. The predicted molar refractivity (Wildman–Crippen MR) is 57.6 cm³/mol. The van der Waals surface area contributed by atoms with Crippen molar-refractivity contribution in [1.82, 2.24) is 0 Å². The number of benzene rings is 1. The largest absolute Gasteiger partial charge is 0.329 e. The molecule has 0 aliphatic heterocycles. The minimum absolute atomic E-state index is 0.0546. The quantitative estimate of drug-likeness (QED) is 0.774. The molecule has 0 saturated heterocycles. The molecular weight excluding hydrogens is 200 g/mol. The third kappa shape index (κ3) is 3.35. The van der Waals surface area contributed by atoms with Crippen LogP contribution in [0, 0.1) is 6.92 Å². The van der Waals surface area contributed by atoms with Gasteiger partial charge in [-0.25, -0.2) is 8.42 Å². The molecule has 0 radical (unpaired) electrons. The van der Waals surface area contributed by atoms with Gasteiger partial charge in [-0.05, 0) is 24.6 Å². The molecule has 3 N–H and O–H groups in total. The van der Waals surface area contributed by atoms with E-state index in [1.54, 1.807) is 18.2 Å². The van der Waals surface area contributed by atoms with Crippen LogP contribution in [-0.4, -0.2) is 20.7 Å². The molecule has 78 valence electrons. The third-order valence-electron chi connectivity index (χ3n) is 1.68. The maximum absolute atomic E-state index is 11.3. The second kappa shape index (κ2) is 4.43. The molecule has 14 heavy (non-hydrogen) atoms. The van der Waals surface area contributed by atoms with Gasteiger partial charge in [0.05, 0.1) is 5.75 Å². The second-order valence-electron chi connectivity index (χ2n) is 3.08. The van der Waals surface area contributed by atoms with Gasteiger partial charge in [-0.1, -0.05) is 12.1 Å². The standard InChI is InChI=1S/C9H14N2O2S/c1-8-3-2-4-9(7-8)11-14(12,13)6-5-10/h2-4,7,11H,5-6,10H2,1H3. The van der Waals surface area contributed by atoms with Crippen LogP contribution in [0.4, 0.5) is 5.69 Å². The first-order valence-corrected chi connectivity index (χ1v) is 5.96. The number of sulfonamides is 1. The Labute approximate surface area is 84.2 Å². The van der Waals surface area contributed by atoms with Gasteiger partial charge in [-0.3, -0.25) is 4.72 Å². The predicted octanol–water partition coefficient (Wildman–Crippen LogP) is 0.695. The van der Waals surface area contributed by atoms with E-state index in [0.29, 0.717) is 5.69 Å². The first-order valence-electron chi connectivity index (χ1n) is 4.31. The molecule has 0 saturated carbocycles. The Morgan fingerprint density at radius 1 is 1.43 bits per heavy atom. The highest BCUT2D eigenvalue weighted by atomic mass is 32.2. The molecule has 0 amide bonds. The molecule has 0 bridgehead atoms. The summed E-state index contributed by atoms with van der Waals surface area (Å²) < 4.78 is 25.1. The number of hydrogen-bond acceptors (Lipinski definition) is 3. The van der Waals surface area contributed by atoms with Crippen LogP contribution in [0.1, 0.15) is 5.56 Å². The molecule has 0 unspecified atom stereocenters. The summed E-state index contributed by atoms with van der Waals surface area (Å²) in [5, 5.41) is 0. The number of hydrogen-bond donors (Lipinski definition) is 2. The fourth-order valence-corrected chi connectivity index (χ4v) is 1.99. The summed E-state index contributed by atoms with van der Waals surface area (Å²) >= 11 is 0. The highest BCUT2D eigenvalue weighted by Gasteiger charge is 2.08. The molecular formula is C9H14N2O2S. The average Bonchev–Trinajstić information content (AvgIpc) is 2.02. The van der Waals surface area contributed by atoms with Crippen LogP contribution in [0.5, 0.6) is 0 Å². The Morgan fingerprint density at radius 2 is 2.14 bits per heavy atom. The minimum Gasteiger partial charge on any atom is -0.329 e. The van der Waals surface area contributed by atoms with Gasteiger partial charge in [-0.15, -0.1) is 0 Å². The average molecular weight is 214 g/mol. The first kappa shape index (κ1) is 11.0. The molecule has 0 aliphatic rings. The molecule has 0 atom stereocenters. The van der Waals surface area contributed by atoms with E-state index in [4.69, 9.17) is 5.73 Å². The summed E-state index contributed by atoms with van der Waals surface area (Å²) in [6, 6.07) is 7.19. The van der Waals surface area contributed by atoms with Crippen LogP contribution < -0.4 is 10.5 Å². The van der Waals surface area contributed by atoms with Crippen LogP contribution in [0.2, 0.25) is 0 Å². The molecule has 4 nitrogen and oxygen atoms in total. The van der Waals surface area contributed by atoms with Crippen molar-refractivity contribution >= 4 is 15.7 Å². The van der Waals surface area contributed by atoms with E-state index >= 15 is 0 Å². The highest BCUT2D eigenvalue weighted by molar-refractivity contribution is 7.92. The van der Waals surface area contributed by atoms with E-state index < -0.39 is 10.0 Å². The Hall–Kier alpha value is -1.07. The summed E-state index contributed by atoms with van der Waals surface area (Å²) in [5.74, 6) is -0.0546. The Kier molecular flexibility index (Phi) is 3.49. The van der Waals surface area contributed by atoms with Crippen LogP contribution in [0.3, 0.4) is 0 Å². The fraction of sp³-hybridized carbons (Fsp3) is 0.333. The number of rotatable bonds is 4. The third-order valence-corrected chi connectivity index (χ3v) is 3.00. The van der Waals surface area contributed by atoms with Gasteiger partial charge in [0.2, 0.25) is 10.0 Å². The van der Waals surface area contributed by atoms with Gasteiger partial charge in [0.1, 0.15) is 0 Å². The van der Waals surface area contributed by atoms with Crippen molar-refractivity contribution in [3.8, 4) is 0 Å². The summed E-state index contributed by atoms with van der Waals surface area (Å²) in [4.78, 5) is 0. The van der Waals surface area contributed by atoms with Crippen molar-refractivity contribution in [2.24, 2.45) is 5.73 Å². The summed E-state index contributed by atoms with van der Waals surface area (Å²) in [6.45, 7) is 2.03. The molecule has 0 heterocycles. The summed E-state index contributed by atoms with van der Waals surface area (Å²) in [7, 11) is -3.28. The van der Waals surface area contributed by atoms with Crippen molar-refractivity contribution in [2.45, 2.75) is 6.92 Å². The topological polar surface area (TPSA) is 72.2 Å². The van der Waals surface area contributed by atoms with Crippen molar-refractivity contribution in [2.75, 3.05) is 17.0 Å². The van der Waals surface area contributed by atoms with Crippen LogP contribution in [0.15, 0.2) is 24.3 Å². The molecule has 0 aliphatic carbocycles. The van der Waals surface area contributed by atoms with Crippen molar-refractivity contribution in [3.63, 3.8) is 0 Å². The maximum Gasteiger partial charge on any atom is 0.233 e. The van der Waals surface area contributed by atoms with Gasteiger partial charge in [0, 0.05) is 12.2 Å². The zero-order chi connectivity index (χ0) is 10.6. The Bertz CT molecular complexity index is 401. The smallest absolute Gasteiger partial charge is 0.233 e. The molecule has 5 heteroatoms. The normalized spacial score (nSPS) is 11.3. The lowest BCUT2D eigenvalue weighted by atomic mass is 10.2. The van der Waals surface area contributed by atoms with Crippen molar-refractivity contribution in [1.29, 1.82) is 0 Å². The zero-order valence-corrected chi connectivity index (χ0v) is 8.84. The van der Waals surface area contributed by atoms with Gasteiger partial charge in [-0.2, -0.15) is 0 Å². The number of nitrogens with one attached hydrogen (secondary N) is 1. The minimum atomic E-state index is -3.28. The van der Waals surface area contributed by atoms with Crippen LogP contribution in [-0.2, 0) is 10.0 Å². The SMILES string of the molecule is Cc1cccc(NS(=O)(=O)CCN)c1. The molecule has 0 spiro atoms. The van der Waals surface area contributed by atoms with E-state index in [2.05, 4.69) is 4.72 Å². The lowest BCUT2D eigenvalue weighted by molar-refractivity contribution is 0.601. The molecule has 1 aromatic rings. The van der Waals surface area contributed by atoms with E-state index in [-0.39, 0.29) is 12.3 Å². The maximum atomic E-state index is 11.3. The molecule has 1 aromatic carbocycles. The molecule has 0 aromatic heterocycles.